The summed E-state index contributed by atoms with van der Waals surface area (Å²) in [5.74, 6) is -0.147. The maximum Gasteiger partial charge on any atom is 0.243 e. The van der Waals surface area contributed by atoms with E-state index in [0.29, 0.717) is 34.2 Å². The minimum atomic E-state index is -0.839. The fourth-order valence-electron chi connectivity index (χ4n) is 8.29. The van der Waals surface area contributed by atoms with Crippen LogP contribution in [-0.4, -0.2) is 89.0 Å². The predicted octanol–water partition coefficient (Wildman–Crippen LogP) is 7.06. The molecule has 0 saturated carbocycles. The Bertz CT molecular complexity index is 2710. The molecule has 9 rings (SSSR count). The van der Waals surface area contributed by atoms with Gasteiger partial charge in [-0.15, -0.1) is 21.5 Å². The minimum absolute atomic E-state index is 0.0434. The second-order valence-corrected chi connectivity index (χ2v) is 17.1. The van der Waals surface area contributed by atoms with Gasteiger partial charge in [0.15, 0.2) is 0 Å². The van der Waals surface area contributed by atoms with E-state index in [2.05, 4.69) is 52.7 Å². The molecule has 4 atom stereocenters. The highest BCUT2D eigenvalue weighted by atomic mass is 32.1. The molecule has 2 fully saturated rings. The van der Waals surface area contributed by atoms with Crippen molar-refractivity contribution in [3.8, 4) is 38.7 Å². The van der Waals surface area contributed by atoms with Crippen LogP contribution in [0, 0.1) is 12.8 Å². The average molecular weight is 836 g/mol. The molecule has 4 aromatic heterocycles. The SMILES string of the molecule is Cc1ncsc1-c1ccc([C@H](C)NC(=O)[C@@H]2C[C@@H](O)CN2C(=O)[C@H](c2cc(-c3cnc(N4CC(c5ccc6cc(-c7ccccc7O)nnc6c5)C4)nc3)no2)C(C)C)cc1. The van der Waals surface area contributed by atoms with Crippen molar-refractivity contribution in [3.63, 3.8) is 0 Å². The van der Waals surface area contributed by atoms with E-state index in [1.165, 1.54) is 4.90 Å². The van der Waals surface area contributed by atoms with E-state index in [1.807, 2.05) is 81.7 Å². The van der Waals surface area contributed by atoms with E-state index in [4.69, 9.17) is 4.52 Å². The lowest BCUT2D eigenvalue weighted by atomic mass is 9.91. The number of β-amino-alcohol motifs (C(OH)–C–C–N with tert-alkyl or cyclic N) is 1. The third-order valence-electron chi connectivity index (χ3n) is 11.8. The Morgan fingerprint density at radius 1 is 0.885 bits per heavy atom. The maximum absolute atomic E-state index is 14.3. The third kappa shape index (κ3) is 7.93. The lowest BCUT2D eigenvalue weighted by Crippen LogP contribution is -2.48. The third-order valence-corrected chi connectivity index (χ3v) is 12.7. The molecule has 0 aliphatic carbocycles. The zero-order chi connectivity index (χ0) is 42.4. The van der Waals surface area contributed by atoms with Gasteiger partial charge in [0.05, 0.1) is 39.4 Å². The van der Waals surface area contributed by atoms with Crippen LogP contribution < -0.4 is 10.2 Å². The summed E-state index contributed by atoms with van der Waals surface area (Å²) >= 11 is 1.59. The number of rotatable bonds is 11. The molecule has 2 saturated heterocycles. The number of aryl methyl sites for hydroxylation is 1. The number of aromatic hydroxyl groups is 1. The standard InChI is InChI=1S/C46H45N9O5S/c1-25(2)42(45(59)55-23-34(56)17-39(55)44(58)50-26(3)28-9-11-29(12-10-28)43-27(4)49-24-61-43)41-18-37(53-60-41)32-19-47-46(48-20-32)54-21-33(22-54)30-13-14-31-16-38(52-51-36(31)15-30)35-7-5-6-8-40(35)57/h5-16,18-20,24-26,33-34,39,42,56-57H,17,21-23H2,1-4H3,(H,50,58)/t26-,34+,39-,42-/m0/s1. The smallest absolute Gasteiger partial charge is 0.243 e. The first-order chi connectivity index (χ1) is 29.5. The number of benzene rings is 3. The lowest BCUT2D eigenvalue weighted by molar-refractivity contribution is -0.141. The summed E-state index contributed by atoms with van der Waals surface area (Å²) in [6, 6.07) is 23.8. The Morgan fingerprint density at radius 3 is 2.38 bits per heavy atom. The van der Waals surface area contributed by atoms with Crippen LogP contribution in [0.2, 0.25) is 0 Å². The number of nitrogens with one attached hydrogen (secondary N) is 1. The molecule has 2 aliphatic heterocycles. The number of phenolic OH excluding ortho intramolecular Hbond substituents is 1. The second kappa shape index (κ2) is 16.5. The van der Waals surface area contributed by atoms with Crippen molar-refractivity contribution in [2.75, 3.05) is 24.5 Å². The van der Waals surface area contributed by atoms with Crippen LogP contribution in [0.3, 0.4) is 0 Å². The molecule has 61 heavy (non-hydrogen) atoms. The number of amides is 2. The monoisotopic (exact) mass is 835 g/mol. The number of aliphatic hydroxyl groups is 1. The largest absolute Gasteiger partial charge is 0.507 e. The van der Waals surface area contributed by atoms with Gasteiger partial charge in [0.2, 0.25) is 17.8 Å². The first-order valence-electron chi connectivity index (χ1n) is 20.4. The predicted molar refractivity (Wildman–Crippen MR) is 232 cm³/mol. The molecular weight excluding hydrogens is 791 g/mol. The summed E-state index contributed by atoms with van der Waals surface area (Å²) in [4.78, 5) is 46.3. The molecule has 2 aliphatic rings. The number of nitrogens with zero attached hydrogens (tertiary/aromatic N) is 8. The van der Waals surface area contributed by atoms with Gasteiger partial charge in [-0.25, -0.2) is 15.0 Å². The lowest BCUT2D eigenvalue weighted by Gasteiger charge is -2.39. The summed E-state index contributed by atoms with van der Waals surface area (Å²) in [5, 5.41) is 38.1. The van der Waals surface area contributed by atoms with Gasteiger partial charge in [-0.3, -0.25) is 9.59 Å². The van der Waals surface area contributed by atoms with Crippen LogP contribution in [-0.2, 0) is 9.59 Å². The number of carbonyl (C=O) groups is 2. The summed E-state index contributed by atoms with van der Waals surface area (Å²) in [6.07, 6.45) is 2.70. The number of carbonyl (C=O) groups excluding carboxylic acids is 2. The van der Waals surface area contributed by atoms with E-state index in [9.17, 15) is 19.8 Å². The summed E-state index contributed by atoms with van der Waals surface area (Å²) in [5.41, 5.74) is 9.13. The van der Waals surface area contributed by atoms with Crippen LogP contribution in [0.1, 0.15) is 67.7 Å². The van der Waals surface area contributed by atoms with Crippen molar-refractivity contribution in [1.82, 2.24) is 40.5 Å². The van der Waals surface area contributed by atoms with Crippen LogP contribution in [0.5, 0.6) is 5.75 Å². The van der Waals surface area contributed by atoms with Crippen molar-refractivity contribution in [3.05, 3.63) is 119 Å². The average Bonchev–Trinajstić information content (AvgIpc) is 4.01. The topological polar surface area (TPSA) is 184 Å². The number of aromatic nitrogens is 6. The summed E-state index contributed by atoms with van der Waals surface area (Å²) in [6.45, 7) is 9.25. The van der Waals surface area contributed by atoms with Gasteiger partial charge in [0, 0.05) is 66.9 Å². The number of anilines is 1. The van der Waals surface area contributed by atoms with E-state index in [0.717, 1.165) is 51.3 Å². The molecule has 0 spiro atoms. The number of aliphatic hydroxyl groups excluding tert-OH is 1. The number of fused-ring (bicyclic) bond motifs is 1. The van der Waals surface area contributed by atoms with Crippen molar-refractivity contribution in [1.29, 1.82) is 0 Å². The van der Waals surface area contributed by atoms with Crippen molar-refractivity contribution >= 4 is 40.0 Å². The second-order valence-electron chi connectivity index (χ2n) is 16.3. The molecule has 7 aromatic rings. The van der Waals surface area contributed by atoms with Gasteiger partial charge in [0.25, 0.3) is 0 Å². The zero-order valence-electron chi connectivity index (χ0n) is 34.1. The Morgan fingerprint density at radius 2 is 1.66 bits per heavy atom. The van der Waals surface area contributed by atoms with E-state index in [1.54, 1.807) is 41.9 Å². The minimum Gasteiger partial charge on any atom is -0.507 e. The highest BCUT2D eigenvalue weighted by Crippen LogP contribution is 2.36. The molecular formula is C46H45N9O5S. The van der Waals surface area contributed by atoms with Gasteiger partial charge >= 0.3 is 0 Å². The highest BCUT2D eigenvalue weighted by molar-refractivity contribution is 7.13. The molecule has 3 aromatic carbocycles. The van der Waals surface area contributed by atoms with Crippen molar-refractivity contribution < 1.29 is 24.3 Å². The first kappa shape index (κ1) is 39.9. The van der Waals surface area contributed by atoms with Gasteiger partial charge in [-0.1, -0.05) is 67.5 Å². The Kier molecular flexibility index (Phi) is 10.8. The van der Waals surface area contributed by atoms with E-state index < -0.39 is 18.1 Å². The Hall–Kier alpha value is -6.58. The number of thiazole rings is 1. The first-order valence-corrected chi connectivity index (χ1v) is 21.3. The molecule has 0 bridgehead atoms. The number of para-hydroxylation sites is 1. The summed E-state index contributed by atoms with van der Waals surface area (Å²) < 4.78 is 5.80. The maximum atomic E-state index is 14.3. The number of hydrogen-bond donors (Lipinski definition) is 3. The van der Waals surface area contributed by atoms with E-state index in [-0.39, 0.29) is 48.4 Å². The van der Waals surface area contributed by atoms with Crippen LogP contribution in [0.25, 0.3) is 43.9 Å². The normalized spacial score (nSPS) is 17.7. The molecule has 310 valence electrons. The highest BCUT2D eigenvalue weighted by Gasteiger charge is 2.43. The Balaban J connectivity index is 0.828. The fraction of sp³-hybridized carbons (Fsp3) is 0.304. The molecule has 15 heteroatoms. The molecule has 0 unspecified atom stereocenters. The van der Waals surface area contributed by atoms with Crippen LogP contribution >= 0.6 is 11.3 Å². The summed E-state index contributed by atoms with van der Waals surface area (Å²) in [7, 11) is 0. The van der Waals surface area contributed by atoms with Crippen LogP contribution in [0.15, 0.2) is 101 Å². The number of hydrogen-bond acceptors (Lipinski definition) is 13. The van der Waals surface area contributed by atoms with Gasteiger partial charge in [0.1, 0.15) is 29.2 Å². The van der Waals surface area contributed by atoms with Crippen molar-refractivity contribution in [2.24, 2.45) is 5.92 Å². The van der Waals surface area contributed by atoms with Gasteiger partial charge in [-0.05, 0) is 60.7 Å². The van der Waals surface area contributed by atoms with Crippen molar-refractivity contribution in [2.45, 2.75) is 64.1 Å². The number of phenols is 1. The molecule has 2 amide bonds. The molecule has 14 nitrogen and oxygen atoms in total. The van der Waals surface area contributed by atoms with Gasteiger partial charge < -0.3 is 29.9 Å². The molecule has 0 radical (unpaired) electrons. The number of likely N-dealkylation sites (tertiary alicyclic amines) is 1. The van der Waals surface area contributed by atoms with Gasteiger partial charge in [-0.2, -0.15) is 0 Å². The van der Waals surface area contributed by atoms with Crippen LogP contribution in [0.4, 0.5) is 5.95 Å². The van der Waals surface area contributed by atoms with E-state index >= 15 is 0 Å². The fourth-order valence-corrected chi connectivity index (χ4v) is 9.10. The molecule has 6 heterocycles. The quantitative estimate of drug-likeness (QED) is 0.121. The Labute approximate surface area is 356 Å². The molecule has 3 N–H and O–H groups in total. The zero-order valence-corrected chi connectivity index (χ0v) is 35.0.